The summed E-state index contributed by atoms with van der Waals surface area (Å²) in [4.78, 5) is 15.9. The number of hydrogen-bond acceptors (Lipinski definition) is 4. The largest absolute Gasteiger partial charge is 0.463 e. The maximum absolute atomic E-state index is 12.4. The van der Waals surface area contributed by atoms with E-state index >= 15 is 0 Å². The summed E-state index contributed by atoms with van der Waals surface area (Å²) >= 11 is 0. The summed E-state index contributed by atoms with van der Waals surface area (Å²) in [6.07, 6.45) is 3.68. The van der Waals surface area contributed by atoms with Gasteiger partial charge in [-0.3, -0.25) is 10.1 Å². The van der Waals surface area contributed by atoms with E-state index in [4.69, 9.17) is 4.42 Å². The first kappa shape index (κ1) is 14.7. The average Bonchev–Trinajstić information content (AvgIpc) is 3.22. The Morgan fingerprint density at radius 1 is 1.33 bits per heavy atom. The third-order valence-corrected chi connectivity index (χ3v) is 4.37. The lowest BCUT2D eigenvalue weighted by atomic mass is 9.94. The van der Waals surface area contributed by atoms with Crippen LogP contribution in [0.4, 0.5) is 0 Å². The highest BCUT2D eigenvalue weighted by atomic mass is 16.3. The molecule has 2 aromatic heterocycles. The number of carbonyl (C=O) groups is 1. The van der Waals surface area contributed by atoms with Gasteiger partial charge >= 0.3 is 0 Å². The zero-order chi connectivity index (χ0) is 16.5. The van der Waals surface area contributed by atoms with E-state index in [-0.39, 0.29) is 18.0 Å². The minimum absolute atomic E-state index is 0.0750. The molecule has 0 saturated carbocycles. The molecule has 0 radical (unpaired) electrons. The Bertz CT molecular complexity index is 895. The number of hydrazone groups is 1. The van der Waals surface area contributed by atoms with E-state index in [1.807, 2.05) is 12.1 Å². The third kappa shape index (κ3) is 2.61. The maximum atomic E-state index is 12.4. The van der Waals surface area contributed by atoms with Gasteiger partial charge in [-0.1, -0.05) is 18.2 Å². The van der Waals surface area contributed by atoms with Gasteiger partial charge in [0.2, 0.25) is 0 Å². The molecule has 6 heteroatoms. The monoisotopic (exact) mass is 322 g/mol. The molecule has 1 aromatic carbocycles. The first-order chi connectivity index (χ1) is 11.7. The van der Waals surface area contributed by atoms with Crippen molar-refractivity contribution < 1.29 is 9.21 Å². The van der Waals surface area contributed by atoms with Gasteiger partial charge in [-0.25, -0.2) is 5.43 Å². The van der Waals surface area contributed by atoms with E-state index in [2.05, 4.69) is 39.9 Å². The number of benzene rings is 1. The van der Waals surface area contributed by atoms with Gasteiger partial charge in [-0.15, -0.1) is 0 Å². The van der Waals surface area contributed by atoms with Gasteiger partial charge in [0.15, 0.2) is 0 Å². The van der Waals surface area contributed by atoms with Crippen LogP contribution < -0.4 is 10.7 Å². The Hall–Kier alpha value is -2.86. The number of aromatic nitrogens is 1. The van der Waals surface area contributed by atoms with Crippen molar-refractivity contribution >= 4 is 23.0 Å². The predicted molar refractivity (Wildman–Crippen MR) is 91.8 cm³/mol. The quantitative estimate of drug-likeness (QED) is 0.512. The molecule has 2 atom stereocenters. The summed E-state index contributed by atoms with van der Waals surface area (Å²) in [6.45, 7) is 2.06. The molecule has 1 aliphatic heterocycles. The number of nitrogens with zero attached hydrogens (tertiary/aromatic N) is 1. The van der Waals surface area contributed by atoms with Crippen LogP contribution in [0.15, 0.2) is 52.2 Å². The molecule has 1 amide bonds. The molecule has 2 unspecified atom stereocenters. The molecule has 0 saturated heterocycles. The molecule has 4 rings (SSSR count). The number of hydrogen-bond donors (Lipinski definition) is 3. The molecular weight excluding hydrogens is 304 g/mol. The second-order valence-electron chi connectivity index (χ2n) is 5.96. The predicted octanol–water partition coefficient (Wildman–Crippen LogP) is 2.49. The normalized spacial score (nSPS) is 20.4. The first-order valence-corrected chi connectivity index (χ1v) is 7.94. The molecule has 0 aliphatic carbocycles. The number of fused-ring (bicyclic) bond motifs is 3. The van der Waals surface area contributed by atoms with E-state index in [9.17, 15) is 4.79 Å². The minimum atomic E-state index is -0.319. The van der Waals surface area contributed by atoms with Gasteiger partial charge < -0.3 is 9.40 Å². The number of carbonyl (C=O) groups excluding carboxylic acids is 1. The van der Waals surface area contributed by atoms with Gasteiger partial charge in [0.05, 0.1) is 18.5 Å². The number of para-hydroxylation sites is 1. The number of nitrogens with one attached hydrogen (secondary N) is 3. The average molecular weight is 322 g/mol. The molecule has 0 bridgehead atoms. The van der Waals surface area contributed by atoms with Gasteiger partial charge in [-0.2, -0.15) is 5.10 Å². The van der Waals surface area contributed by atoms with Crippen molar-refractivity contribution in [2.45, 2.75) is 25.4 Å². The Morgan fingerprint density at radius 3 is 3.04 bits per heavy atom. The Labute approximate surface area is 138 Å². The Balaban J connectivity index is 1.52. The Morgan fingerprint density at radius 2 is 2.21 bits per heavy atom. The van der Waals surface area contributed by atoms with Gasteiger partial charge in [0.25, 0.3) is 5.91 Å². The lowest BCUT2D eigenvalue weighted by Gasteiger charge is -2.27. The highest BCUT2D eigenvalue weighted by Crippen LogP contribution is 2.31. The smallest absolute Gasteiger partial charge is 0.257 e. The molecule has 3 heterocycles. The second-order valence-corrected chi connectivity index (χ2v) is 5.96. The standard InChI is InChI=1S/C18H18N4O2/c1-11-17-14(13-6-2-3-7-15(13)21-17)9-16(20-11)18(23)22-19-10-12-5-4-8-24-12/h2-8,10-11,16,20-21H,9H2,1H3,(H,22,23)/b19-10+. The van der Waals surface area contributed by atoms with Crippen LogP contribution in [0.1, 0.15) is 30.0 Å². The van der Waals surface area contributed by atoms with E-state index in [1.165, 1.54) is 17.2 Å². The fourth-order valence-corrected chi connectivity index (χ4v) is 3.23. The van der Waals surface area contributed by atoms with Crippen molar-refractivity contribution in [1.29, 1.82) is 0 Å². The van der Waals surface area contributed by atoms with E-state index in [1.54, 1.807) is 18.4 Å². The summed E-state index contributed by atoms with van der Waals surface area (Å²) in [5, 5.41) is 8.47. The molecule has 0 spiro atoms. The van der Waals surface area contributed by atoms with Crippen LogP contribution in [0.3, 0.4) is 0 Å². The minimum Gasteiger partial charge on any atom is -0.463 e. The number of rotatable bonds is 3. The zero-order valence-corrected chi connectivity index (χ0v) is 13.2. The van der Waals surface area contributed by atoms with Crippen LogP contribution in [0.25, 0.3) is 10.9 Å². The van der Waals surface area contributed by atoms with Crippen LogP contribution in [-0.4, -0.2) is 23.1 Å². The fraction of sp³-hybridized carbons (Fsp3) is 0.222. The first-order valence-electron chi connectivity index (χ1n) is 7.94. The van der Waals surface area contributed by atoms with Crippen molar-refractivity contribution in [3.05, 3.63) is 59.7 Å². The molecule has 3 N–H and O–H groups in total. The summed E-state index contributed by atoms with van der Waals surface area (Å²) in [5.41, 5.74) is 6.04. The highest BCUT2D eigenvalue weighted by Gasteiger charge is 2.30. The number of furan rings is 1. The highest BCUT2D eigenvalue weighted by molar-refractivity contribution is 5.88. The molecule has 24 heavy (non-hydrogen) atoms. The SMILES string of the molecule is CC1NC(C(=O)N/N=C/c2ccco2)Cc2c1[nH]c1ccccc21. The summed E-state index contributed by atoms with van der Waals surface area (Å²) in [7, 11) is 0. The number of amides is 1. The van der Waals surface area contributed by atoms with E-state index < -0.39 is 0 Å². The topological polar surface area (TPSA) is 82.4 Å². The number of aromatic amines is 1. The fourth-order valence-electron chi connectivity index (χ4n) is 3.23. The van der Waals surface area contributed by atoms with Crippen molar-refractivity contribution in [3.63, 3.8) is 0 Å². The molecule has 6 nitrogen and oxygen atoms in total. The second kappa shape index (κ2) is 5.98. The summed E-state index contributed by atoms with van der Waals surface area (Å²) in [5.74, 6) is 0.444. The third-order valence-electron chi connectivity index (χ3n) is 4.37. The summed E-state index contributed by atoms with van der Waals surface area (Å²) < 4.78 is 5.14. The molecule has 122 valence electrons. The van der Waals surface area contributed by atoms with Crippen LogP contribution in [0.2, 0.25) is 0 Å². The maximum Gasteiger partial charge on any atom is 0.257 e. The van der Waals surface area contributed by atoms with Crippen LogP contribution in [0, 0.1) is 0 Å². The number of H-pyrrole nitrogens is 1. The van der Waals surface area contributed by atoms with Crippen LogP contribution in [-0.2, 0) is 11.2 Å². The van der Waals surface area contributed by atoms with E-state index in [0.717, 1.165) is 11.2 Å². The summed E-state index contributed by atoms with van der Waals surface area (Å²) in [6, 6.07) is 11.5. The molecular formula is C18H18N4O2. The lowest BCUT2D eigenvalue weighted by Crippen LogP contribution is -2.47. The van der Waals surface area contributed by atoms with Crippen LogP contribution >= 0.6 is 0 Å². The van der Waals surface area contributed by atoms with E-state index in [0.29, 0.717) is 12.2 Å². The zero-order valence-electron chi connectivity index (χ0n) is 13.2. The van der Waals surface area contributed by atoms with Crippen molar-refractivity contribution in [2.24, 2.45) is 5.10 Å². The van der Waals surface area contributed by atoms with Gasteiger partial charge in [0, 0.05) is 22.6 Å². The van der Waals surface area contributed by atoms with Crippen molar-refractivity contribution in [1.82, 2.24) is 15.7 Å². The van der Waals surface area contributed by atoms with Gasteiger partial charge in [-0.05, 0) is 37.1 Å². The molecule has 1 aliphatic rings. The van der Waals surface area contributed by atoms with Crippen molar-refractivity contribution in [3.8, 4) is 0 Å². The van der Waals surface area contributed by atoms with Crippen molar-refractivity contribution in [2.75, 3.05) is 0 Å². The molecule has 3 aromatic rings. The van der Waals surface area contributed by atoms with Gasteiger partial charge in [0.1, 0.15) is 5.76 Å². The lowest BCUT2D eigenvalue weighted by molar-refractivity contribution is -0.123. The molecule has 0 fully saturated rings. The Kier molecular flexibility index (Phi) is 3.66. The van der Waals surface area contributed by atoms with Crippen LogP contribution in [0.5, 0.6) is 0 Å².